The number of halogens is 3. The molecule has 1 atom stereocenters. The number of allylic oxidation sites excluding steroid dienone is 4. The van der Waals surface area contributed by atoms with E-state index in [1.165, 1.54) is 31.7 Å². The van der Waals surface area contributed by atoms with E-state index >= 15 is 0 Å². The molecule has 197 valence electrons. The van der Waals surface area contributed by atoms with Crippen molar-refractivity contribution >= 4 is 40.2 Å². The van der Waals surface area contributed by atoms with Crippen molar-refractivity contribution in [3.63, 3.8) is 0 Å². The Bertz CT molecular complexity index is 1150. The summed E-state index contributed by atoms with van der Waals surface area (Å²) >= 11 is 8.09. The molecule has 5 heteroatoms. The Morgan fingerprint density at radius 3 is 1.57 bits per heavy atom. The number of rotatable bonds is 2. The van der Waals surface area contributed by atoms with E-state index in [-0.39, 0.29) is 36.0 Å². The molecule has 3 aromatic rings. The minimum absolute atomic E-state index is 0. The summed E-state index contributed by atoms with van der Waals surface area (Å²) in [6.07, 6.45) is 3.36. The normalized spacial score (nSPS) is 14.1. The van der Waals surface area contributed by atoms with Crippen LogP contribution < -0.4 is 0 Å². The van der Waals surface area contributed by atoms with Crippen molar-refractivity contribution in [2.75, 3.05) is 0 Å². The fraction of sp³-hybridized carbons (Fsp3) is 0.281. The first-order valence-corrected chi connectivity index (χ1v) is 13.0. The summed E-state index contributed by atoms with van der Waals surface area (Å²) < 4.78 is 1.33. The van der Waals surface area contributed by atoms with Crippen molar-refractivity contribution in [2.45, 2.75) is 53.9 Å². The second kappa shape index (κ2) is 16.4. The van der Waals surface area contributed by atoms with Gasteiger partial charge < -0.3 is 5.11 Å². The predicted octanol–water partition coefficient (Wildman–Crippen LogP) is 9.71. The first-order chi connectivity index (χ1) is 16.4. The zero-order valence-corrected chi connectivity index (χ0v) is 26.7. The number of phenolic OH excluding ortho intramolecular Hbond substituents is 1. The molecule has 3 aromatic carbocycles. The van der Waals surface area contributed by atoms with Gasteiger partial charge in [0.05, 0.1) is 5.02 Å². The van der Waals surface area contributed by atoms with Crippen molar-refractivity contribution in [3.8, 4) is 5.75 Å². The maximum absolute atomic E-state index is 9.33. The summed E-state index contributed by atoms with van der Waals surface area (Å²) in [7, 11) is 0. The second-order valence-corrected chi connectivity index (χ2v) is 11.0. The molecule has 1 unspecified atom stereocenters. The van der Waals surface area contributed by atoms with E-state index in [1.54, 1.807) is 6.07 Å². The number of phenols is 1. The van der Waals surface area contributed by atoms with Gasteiger partial charge in [0.25, 0.3) is 0 Å². The molecule has 0 radical (unpaired) electrons. The van der Waals surface area contributed by atoms with Crippen LogP contribution in [0.1, 0.15) is 65.2 Å². The van der Waals surface area contributed by atoms with Gasteiger partial charge in [-0.25, -0.2) is 5.57 Å². The van der Waals surface area contributed by atoms with Crippen LogP contribution >= 0.6 is 36.4 Å². The van der Waals surface area contributed by atoms with Gasteiger partial charge in [0.1, 0.15) is 5.75 Å². The van der Waals surface area contributed by atoms with Crippen molar-refractivity contribution in [2.24, 2.45) is 5.92 Å². The third kappa shape index (κ3) is 10.6. The molecule has 0 heterocycles. The standard InChI is InChI=1S/C13H10.C10H13ClO.C9H13.2ClH.Ti/c1-3-7-12(8-4-1)11-13-9-5-2-6-10-13;1-10(2,3)7-5-4-6-8(12)9(7)11;1-6-5-7(2)9(4)8(6)3;;;/h1-10H;4-6,12H,1-3H3;6H,1-4H3;2*1H;/q;;-1;;;+1. The Hall–Kier alpha value is -1.61. The van der Waals surface area contributed by atoms with E-state index < -0.39 is 0 Å². The summed E-state index contributed by atoms with van der Waals surface area (Å²) in [5.74, 6) is 0.717. The SMILES string of the molecule is CC(C)(C)c1cccc(O)c1Cl.CC1=[C-]C(C)C(C)=C1C.Cl.Cl.[Ti+]=[C](c1ccccc1)c1ccccc1. The molecule has 0 amide bonds. The van der Waals surface area contributed by atoms with Crippen LogP contribution in [0.4, 0.5) is 0 Å². The van der Waals surface area contributed by atoms with Crippen molar-refractivity contribution in [1.29, 1.82) is 0 Å². The second-order valence-electron chi connectivity index (χ2n) is 9.79. The van der Waals surface area contributed by atoms with E-state index in [0.29, 0.717) is 10.9 Å². The Morgan fingerprint density at radius 2 is 1.27 bits per heavy atom. The van der Waals surface area contributed by atoms with Gasteiger partial charge in [-0.05, 0) is 17.0 Å². The summed E-state index contributed by atoms with van der Waals surface area (Å²) in [4.78, 5) is 0. The van der Waals surface area contributed by atoms with Gasteiger partial charge >= 0.3 is 95.6 Å². The summed E-state index contributed by atoms with van der Waals surface area (Å²) in [5.41, 5.74) is 7.78. The van der Waals surface area contributed by atoms with Gasteiger partial charge in [0.15, 0.2) is 0 Å². The molecule has 37 heavy (non-hydrogen) atoms. The van der Waals surface area contributed by atoms with E-state index in [2.05, 4.69) is 123 Å². The number of aromatic hydroxyl groups is 1. The first-order valence-electron chi connectivity index (χ1n) is 11.9. The summed E-state index contributed by atoms with van der Waals surface area (Å²) in [6.45, 7) is 14.9. The van der Waals surface area contributed by atoms with Crippen LogP contribution in [0.15, 0.2) is 95.6 Å². The quantitative estimate of drug-likeness (QED) is 0.232. The number of benzene rings is 3. The molecule has 0 spiro atoms. The Balaban J connectivity index is 0.000000523. The molecule has 0 saturated heterocycles. The minimum atomic E-state index is -0.0180. The van der Waals surface area contributed by atoms with Gasteiger partial charge in [-0.15, -0.1) is 31.7 Å². The summed E-state index contributed by atoms with van der Waals surface area (Å²) in [5, 5.41) is 9.79. The molecule has 0 saturated carbocycles. The van der Waals surface area contributed by atoms with Crippen LogP contribution in [0.2, 0.25) is 5.02 Å². The van der Waals surface area contributed by atoms with Crippen LogP contribution in [0.3, 0.4) is 0 Å². The average molecular weight is 593 g/mol. The van der Waals surface area contributed by atoms with E-state index in [1.807, 2.05) is 24.3 Å². The Morgan fingerprint density at radius 1 is 0.811 bits per heavy atom. The van der Waals surface area contributed by atoms with Gasteiger partial charge in [-0.3, -0.25) is 6.08 Å². The molecule has 0 fully saturated rings. The number of hydrogen-bond donors (Lipinski definition) is 1. The van der Waals surface area contributed by atoms with Crippen molar-refractivity contribution in [1.82, 2.24) is 0 Å². The van der Waals surface area contributed by atoms with E-state index in [4.69, 9.17) is 11.6 Å². The molecule has 0 aromatic heterocycles. The van der Waals surface area contributed by atoms with Crippen LogP contribution in [0.5, 0.6) is 5.75 Å². The van der Waals surface area contributed by atoms with E-state index in [0.717, 1.165) is 5.56 Å². The predicted molar refractivity (Wildman–Crippen MR) is 162 cm³/mol. The monoisotopic (exact) mass is 591 g/mol. The van der Waals surface area contributed by atoms with Gasteiger partial charge in [-0.1, -0.05) is 71.2 Å². The number of hydrogen-bond acceptors (Lipinski definition) is 1. The molecule has 0 bridgehead atoms. The summed E-state index contributed by atoms with van der Waals surface area (Å²) in [6, 6.07) is 26.3. The third-order valence-corrected chi connectivity index (χ3v) is 7.45. The molecule has 1 aliphatic rings. The van der Waals surface area contributed by atoms with Crippen molar-refractivity contribution in [3.05, 3.63) is 123 Å². The van der Waals surface area contributed by atoms with Gasteiger partial charge in [0.2, 0.25) is 0 Å². The molecule has 0 aliphatic heterocycles. The zero-order valence-electron chi connectivity index (χ0n) is 22.7. The average Bonchev–Trinajstić information content (AvgIpc) is 3.06. The van der Waals surface area contributed by atoms with Gasteiger partial charge in [-0.2, -0.15) is 11.1 Å². The maximum atomic E-state index is 9.33. The molecular formula is C32H38Cl3OTi. The van der Waals surface area contributed by atoms with E-state index in [9.17, 15) is 5.11 Å². The van der Waals surface area contributed by atoms with Crippen molar-refractivity contribution < 1.29 is 25.1 Å². The molecule has 1 nitrogen and oxygen atoms in total. The Kier molecular flexibility index (Phi) is 15.7. The van der Waals surface area contributed by atoms with Crippen LogP contribution in [-0.4, -0.2) is 8.92 Å². The first kappa shape index (κ1) is 35.4. The Labute approximate surface area is 252 Å². The van der Waals surface area contributed by atoms with Crippen LogP contribution in [-0.2, 0) is 25.4 Å². The zero-order chi connectivity index (χ0) is 26.2. The fourth-order valence-corrected chi connectivity index (χ4v) is 4.57. The molecular weight excluding hydrogens is 555 g/mol. The fourth-order valence-electron chi connectivity index (χ4n) is 3.64. The topological polar surface area (TPSA) is 20.2 Å². The molecule has 1 N–H and O–H groups in total. The third-order valence-electron chi connectivity index (χ3n) is 6.15. The van der Waals surface area contributed by atoms with Crippen LogP contribution in [0.25, 0.3) is 0 Å². The molecule has 4 rings (SSSR count). The van der Waals surface area contributed by atoms with Gasteiger partial charge in [0, 0.05) is 0 Å². The molecule has 1 aliphatic carbocycles. The van der Waals surface area contributed by atoms with Crippen LogP contribution in [0, 0.1) is 12.0 Å².